The molecule has 0 saturated heterocycles. The van der Waals surface area contributed by atoms with E-state index >= 15 is 0 Å². The highest BCUT2D eigenvalue weighted by atomic mass is 28.3. The van der Waals surface area contributed by atoms with Crippen molar-refractivity contribution < 1.29 is 14.2 Å². The first-order valence-corrected chi connectivity index (χ1v) is 54.6. The topological polar surface area (TPSA) is 153 Å². The summed E-state index contributed by atoms with van der Waals surface area (Å²) in [5.74, 6) is 12.4. The van der Waals surface area contributed by atoms with E-state index in [1.165, 1.54) is 85.7 Å². The van der Waals surface area contributed by atoms with Gasteiger partial charge in [-0.2, -0.15) is 0 Å². The third-order valence-corrected chi connectivity index (χ3v) is 30.6. The summed E-state index contributed by atoms with van der Waals surface area (Å²) in [5, 5.41) is 2.82. The Balaban J connectivity index is 0.000000123. The Hall–Kier alpha value is -15.4. The Labute approximate surface area is 798 Å². The second-order valence-corrected chi connectivity index (χ2v) is 48.1. The van der Waals surface area contributed by atoms with Gasteiger partial charge in [-0.15, -0.1) is 0 Å². The smallest absolute Gasteiger partial charge is 0.164 e. The van der Waals surface area contributed by atoms with Gasteiger partial charge in [-0.1, -0.05) is 307 Å². The summed E-state index contributed by atoms with van der Waals surface area (Å²) in [4.78, 5) is 51.6. The van der Waals surface area contributed by atoms with E-state index < -0.39 is 16.1 Å². The molecule has 0 radical (unpaired) electrons. The van der Waals surface area contributed by atoms with Crippen LogP contribution in [0, 0.1) is 13.8 Å². The lowest BCUT2D eigenvalue weighted by Crippen LogP contribution is -2.37. The van der Waals surface area contributed by atoms with Crippen LogP contribution in [0.15, 0.2) is 364 Å². The van der Waals surface area contributed by atoms with Crippen molar-refractivity contribution in [3.8, 4) is 137 Å². The van der Waals surface area contributed by atoms with Gasteiger partial charge in [0, 0.05) is 67.1 Å². The maximum Gasteiger partial charge on any atom is 0.164 e. The fraction of sp³-hybridized carbons (Fsp3) is 0.168. The summed E-state index contributed by atoms with van der Waals surface area (Å²) in [7, 11) is -2.86. The number of anilines is 9. The van der Waals surface area contributed by atoms with E-state index in [4.69, 9.17) is 59.1 Å². The van der Waals surface area contributed by atoms with Crippen molar-refractivity contribution in [1.82, 2.24) is 44.9 Å². The molecule has 0 amide bonds. The molecular formula is C119H106N12O3Si2. The van der Waals surface area contributed by atoms with E-state index in [-0.39, 0.29) is 0 Å². The average Bonchev–Trinajstić information content (AvgIpc) is 0.761. The van der Waals surface area contributed by atoms with Gasteiger partial charge in [0.2, 0.25) is 0 Å². The fourth-order valence-electron chi connectivity index (χ4n) is 18.9. The highest BCUT2D eigenvalue weighted by Gasteiger charge is 2.32. The van der Waals surface area contributed by atoms with Gasteiger partial charge in [-0.05, 0) is 219 Å². The van der Waals surface area contributed by atoms with Gasteiger partial charge in [0.25, 0.3) is 0 Å². The maximum absolute atomic E-state index is 6.33. The standard InChI is InChI=1S/C45H42N4O.C39H38N4OSi2.C35H26N4O/c1-3-11-31(12-4-1)33-19-23-35(24-20-33)43-46-44(36-25-21-34(22-26-36)32-13-5-2-6-14-32)48-45(47-43)37-27-29-38(30-28-37)49-39-15-7-9-17-41(39)50-42-18-10-8-16-40(42)49;1-45(2,3)31-23-17-28(18-24-31)38-40-37(41-39(42-38)29-19-25-32(26-20-29)46(4,5)6)27-15-21-30(22-16-27)43-33-11-7-9-13-35(33)44-36-14-10-8-12-34(36)43;1-23-13-19-29-31(21-23)40-32-22-24(2)14-20-30(32)39(29)28-17-15-27(16-18-28)35-37-33(25-9-5-3-6-10-25)36-34(38-35)26-11-7-4-8-12-26/h7-10,15-32H,1-6,11-14H2;7-26H,1-6H3;3-22H,1-2H3. The number of benzene rings is 15. The highest BCUT2D eigenvalue weighted by molar-refractivity contribution is 6.89. The van der Waals surface area contributed by atoms with Crippen molar-refractivity contribution >= 4 is 77.7 Å². The molecule has 0 N–H and O–H groups in total. The van der Waals surface area contributed by atoms with E-state index in [0.29, 0.717) is 64.3 Å². The number of ether oxygens (including phenoxy) is 3. The van der Waals surface area contributed by atoms with Gasteiger partial charge in [0.05, 0.1) is 50.3 Å². The number of aromatic nitrogens is 9. The van der Waals surface area contributed by atoms with Crippen LogP contribution in [0.3, 0.4) is 0 Å². The Bertz CT molecular complexity index is 7000. The van der Waals surface area contributed by atoms with Crippen LogP contribution >= 0.6 is 0 Å². The van der Waals surface area contributed by atoms with Gasteiger partial charge in [0.1, 0.15) is 0 Å². The zero-order valence-electron chi connectivity index (χ0n) is 78.0. The molecule has 0 bridgehead atoms. The predicted octanol–water partition coefficient (Wildman–Crippen LogP) is 31.1. The lowest BCUT2D eigenvalue weighted by Gasteiger charge is -2.33. The molecule has 2 saturated carbocycles. The van der Waals surface area contributed by atoms with Gasteiger partial charge < -0.3 is 28.9 Å². The number of para-hydroxylation sites is 8. The van der Waals surface area contributed by atoms with E-state index in [2.05, 4.69) is 310 Å². The van der Waals surface area contributed by atoms with Gasteiger partial charge in [0.15, 0.2) is 86.9 Å². The largest absolute Gasteiger partial charge is 0.453 e. The molecule has 136 heavy (non-hydrogen) atoms. The zero-order valence-corrected chi connectivity index (χ0v) is 80.0. The van der Waals surface area contributed by atoms with Crippen LogP contribution in [0.4, 0.5) is 51.2 Å². The second-order valence-electron chi connectivity index (χ2n) is 38.0. The molecular weight excluding hydrogens is 1700 g/mol. The maximum atomic E-state index is 6.33. The van der Waals surface area contributed by atoms with Gasteiger partial charge >= 0.3 is 0 Å². The summed E-state index contributed by atoms with van der Waals surface area (Å²) in [6.45, 7) is 18.3. The molecule has 0 atom stereocenters. The Morgan fingerprint density at radius 1 is 0.213 bits per heavy atom. The summed E-state index contributed by atoms with van der Waals surface area (Å²) >= 11 is 0. The quantitative estimate of drug-likeness (QED) is 0.0842. The average molecular weight is 1810 g/mol. The normalized spacial score (nSPS) is 13.8. The Morgan fingerprint density at radius 2 is 0.426 bits per heavy atom. The molecule has 3 aliphatic heterocycles. The predicted molar refractivity (Wildman–Crippen MR) is 560 cm³/mol. The first-order chi connectivity index (χ1) is 66.4. The van der Waals surface area contributed by atoms with Crippen molar-refractivity contribution in [3.05, 3.63) is 386 Å². The second kappa shape index (κ2) is 37.9. The number of hydrogen-bond acceptors (Lipinski definition) is 15. The SMILES string of the molecule is C[Si](C)(C)c1ccc(-c2nc(-c3ccc(N4c5ccccc5Oc5ccccc54)cc3)nc(-c3ccc([Si](C)(C)C)cc3)n2)cc1.Cc1ccc2c(c1)Oc1cc(C)ccc1N2c1ccc(-c2nc(-c3ccccc3)nc(-c3ccccc3)n2)cc1.c1ccc2c(c1)Oc1ccccc1N2c1ccc(-c2nc(-c3ccc(C4CCCCC4)cc3)nc(-c3ccc(C4CCCCC4)cc3)n2)cc1. The molecule has 23 rings (SSSR count). The van der Waals surface area contributed by atoms with Gasteiger partial charge in [-0.25, -0.2) is 44.9 Å². The van der Waals surface area contributed by atoms with E-state index in [9.17, 15) is 0 Å². The van der Waals surface area contributed by atoms with Crippen LogP contribution in [0.5, 0.6) is 34.5 Å². The number of nitrogens with zero attached hydrogens (tertiary/aromatic N) is 12. The minimum Gasteiger partial charge on any atom is -0.453 e. The van der Waals surface area contributed by atoms with Crippen molar-refractivity contribution in [2.24, 2.45) is 0 Å². The van der Waals surface area contributed by atoms with Crippen molar-refractivity contribution in [2.75, 3.05) is 14.7 Å². The lowest BCUT2D eigenvalue weighted by atomic mass is 9.84. The molecule has 668 valence electrons. The molecule has 5 aliphatic rings. The van der Waals surface area contributed by atoms with Crippen LogP contribution in [0.25, 0.3) is 102 Å². The molecule has 15 aromatic carbocycles. The van der Waals surface area contributed by atoms with Crippen LogP contribution in [-0.2, 0) is 0 Å². The minimum absolute atomic E-state index is 0.633. The summed E-state index contributed by atoms with van der Waals surface area (Å²) in [6.07, 6.45) is 13.2. The minimum atomic E-state index is -1.43. The van der Waals surface area contributed by atoms with Crippen molar-refractivity contribution in [3.63, 3.8) is 0 Å². The molecule has 18 aromatic rings. The Morgan fingerprint density at radius 3 is 0.684 bits per heavy atom. The van der Waals surface area contributed by atoms with E-state index in [1.807, 2.05) is 121 Å². The molecule has 0 unspecified atom stereocenters. The van der Waals surface area contributed by atoms with E-state index in [0.717, 1.165) is 147 Å². The van der Waals surface area contributed by atoms with Crippen LogP contribution in [-0.4, -0.2) is 61.0 Å². The number of aryl methyl sites for hydroxylation is 2. The van der Waals surface area contributed by atoms with Crippen LogP contribution in [0.2, 0.25) is 39.3 Å². The molecule has 2 aliphatic carbocycles. The zero-order chi connectivity index (χ0) is 92.4. The summed E-state index contributed by atoms with van der Waals surface area (Å²) in [6, 6.07) is 126. The molecule has 3 aromatic heterocycles. The van der Waals surface area contributed by atoms with Crippen molar-refractivity contribution in [1.29, 1.82) is 0 Å². The summed E-state index contributed by atoms with van der Waals surface area (Å²) < 4.78 is 18.8. The third-order valence-electron chi connectivity index (χ3n) is 26.4. The molecule has 0 spiro atoms. The summed E-state index contributed by atoms with van der Waals surface area (Å²) in [5.41, 5.74) is 23.0. The lowest BCUT2D eigenvalue weighted by molar-refractivity contribution is 0.443. The highest BCUT2D eigenvalue weighted by Crippen LogP contribution is 2.55. The third kappa shape index (κ3) is 18.6. The van der Waals surface area contributed by atoms with Crippen LogP contribution < -0.4 is 39.3 Å². The Kier molecular flexibility index (Phi) is 24.3. The first kappa shape index (κ1) is 87.2. The molecule has 6 heterocycles. The number of rotatable bonds is 16. The molecule has 17 heteroatoms. The monoisotopic (exact) mass is 1810 g/mol. The first-order valence-electron chi connectivity index (χ1n) is 47.6. The molecule has 15 nitrogen and oxygen atoms in total. The van der Waals surface area contributed by atoms with Gasteiger partial charge in [-0.3, -0.25) is 0 Å². The van der Waals surface area contributed by atoms with E-state index in [1.54, 1.807) is 0 Å². The fourth-order valence-corrected chi connectivity index (χ4v) is 21.3. The number of fused-ring (bicyclic) bond motifs is 6. The van der Waals surface area contributed by atoms with Crippen molar-refractivity contribution in [2.45, 2.75) is 129 Å². The molecule has 2 fully saturated rings. The van der Waals surface area contributed by atoms with Crippen LogP contribution in [0.1, 0.15) is 98.3 Å². The number of hydrogen-bond donors (Lipinski definition) is 0.